The number of fused-ring (bicyclic) bond motifs is 5. The summed E-state index contributed by atoms with van der Waals surface area (Å²) in [4.78, 5) is 11.8. The fourth-order valence-corrected chi connectivity index (χ4v) is 8.58. The molecular formula is C27H42O2. The lowest BCUT2D eigenvalue weighted by atomic mass is 9.41. The van der Waals surface area contributed by atoms with E-state index in [1.165, 1.54) is 18.4 Å². The zero-order valence-corrected chi connectivity index (χ0v) is 19.8. The minimum Gasteiger partial charge on any atom is -0.393 e. The summed E-state index contributed by atoms with van der Waals surface area (Å²) >= 11 is 0. The second-order valence-corrected chi connectivity index (χ2v) is 12.3. The quantitative estimate of drug-likeness (QED) is 0.552. The number of allylic oxidation sites excluding steroid dienone is 4. The van der Waals surface area contributed by atoms with Crippen LogP contribution in [0.1, 0.15) is 93.4 Å². The number of carbonyl (C=O) groups is 1. The Kier molecular flexibility index (Phi) is 4.82. The Morgan fingerprint density at radius 2 is 1.79 bits per heavy atom. The molecule has 0 amide bonds. The molecule has 0 aromatic heterocycles. The van der Waals surface area contributed by atoms with Crippen molar-refractivity contribution in [3.63, 3.8) is 0 Å². The number of ketones is 1. The van der Waals surface area contributed by atoms with Crippen molar-refractivity contribution < 1.29 is 9.90 Å². The largest absolute Gasteiger partial charge is 0.393 e. The van der Waals surface area contributed by atoms with E-state index in [9.17, 15) is 9.90 Å². The second kappa shape index (κ2) is 6.55. The fraction of sp³-hybridized carbons (Fsp3) is 0.815. The molecule has 4 rings (SSSR count). The maximum absolute atomic E-state index is 11.8. The van der Waals surface area contributed by atoms with E-state index >= 15 is 0 Å². The molecule has 162 valence electrons. The summed E-state index contributed by atoms with van der Waals surface area (Å²) in [6.45, 7) is 16.1. The first-order chi connectivity index (χ1) is 13.4. The third kappa shape index (κ3) is 2.73. The van der Waals surface area contributed by atoms with Crippen LogP contribution in [-0.4, -0.2) is 17.0 Å². The summed E-state index contributed by atoms with van der Waals surface area (Å²) in [6.07, 6.45) is 12.4. The van der Waals surface area contributed by atoms with Crippen molar-refractivity contribution >= 4 is 5.78 Å². The third-order valence-electron chi connectivity index (χ3n) is 10.5. The van der Waals surface area contributed by atoms with Gasteiger partial charge in [0.1, 0.15) is 5.78 Å². The molecule has 2 heteroatoms. The van der Waals surface area contributed by atoms with Crippen molar-refractivity contribution in [3.05, 3.63) is 23.3 Å². The van der Waals surface area contributed by atoms with Crippen molar-refractivity contribution in [2.24, 2.45) is 39.4 Å². The van der Waals surface area contributed by atoms with Crippen LogP contribution in [0.15, 0.2) is 23.3 Å². The Bertz CT molecular complexity index is 773. The summed E-state index contributed by atoms with van der Waals surface area (Å²) in [5.41, 5.74) is 3.90. The van der Waals surface area contributed by atoms with Crippen LogP contribution < -0.4 is 0 Å². The number of rotatable bonds is 3. The van der Waals surface area contributed by atoms with Gasteiger partial charge in [-0.3, -0.25) is 0 Å². The van der Waals surface area contributed by atoms with Gasteiger partial charge >= 0.3 is 0 Å². The van der Waals surface area contributed by atoms with Crippen LogP contribution in [0, 0.1) is 39.4 Å². The van der Waals surface area contributed by atoms with E-state index in [1.54, 1.807) is 12.5 Å². The zero-order chi connectivity index (χ0) is 21.4. The van der Waals surface area contributed by atoms with Crippen LogP contribution in [0.5, 0.6) is 0 Å². The fourth-order valence-electron chi connectivity index (χ4n) is 8.58. The lowest BCUT2D eigenvalue weighted by Crippen LogP contribution is -2.57. The Labute approximate surface area is 178 Å². The van der Waals surface area contributed by atoms with Gasteiger partial charge in [-0.25, -0.2) is 0 Å². The number of aliphatic hydroxyl groups is 1. The zero-order valence-electron chi connectivity index (χ0n) is 19.8. The van der Waals surface area contributed by atoms with E-state index in [2.05, 4.69) is 53.7 Å². The highest BCUT2D eigenvalue weighted by molar-refractivity contribution is 5.76. The van der Waals surface area contributed by atoms with Gasteiger partial charge in [0.25, 0.3) is 0 Å². The van der Waals surface area contributed by atoms with Gasteiger partial charge in [-0.2, -0.15) is 0 Å². The summed E-state index contributed by atoms with van der Waals surface area (Å²) in [5.74, 6) is 1.86. The second-order valence-electron chi connectivity index (χ2n) is 12.3. The van der Waals surface area contributed by atoms with Crippen LogP contribution in [0.3, 0.4) is 0 Å². The molecule has 1 N–H and O–H groups in total. The van der Waals surface area contributed by atoms with E-state index < -0.39 is 0 Å². The van der Waals surface area contributed by atoms with E-state index in [4.69, 9.17) is 0 Å². The third-order valence-corrected chi connectivity index (χ3v) is 10.5. The van der Waals surface area contributed by atoms with Crippen LogP contribution in [-0.2, 0) is 4.79 Å². The van der Waals surface area contributed by atoms with E-state index in [0.717, 1.165) is 25.7 Å². The van der Waals surface area contributed by atoms with Gasteiger partial charge in [-0.1, -0.05) is 64.8 Å². The monoisotopic (exact) mass is 398 g/mol. The molecule has 29 heavy (non-hydrogen) atoms. The molecule has 0 saturated heterocycles. The Balaban J connectivity index is 1.71. The molecule has 2 nitrogen and oxygen atoms in total. The molecular weight excluding hydrogens is 356 g/mol. The molecule has 0 spiro atoms. The van der Waals surface area contributed by atoms with E-state index in [0.29, 0.717) is 30.0 Å². The number of carbonyl (C=O) groups excluding carboxylic acids is 1. The molecule has 0 heterocycles. The maximum atomic E-state index is 11.8. The molecule has 0 radical (unpaired) electrons. The van der Waals surface area contributed by atoms with Crippen molar-refractivity contribution in [1.82, 2.24) is 0 Å². The highest BCUT2D eigenvalue weighted by Gasteiger charge is 2.63. The van der Waals surface area contributed by atoms with Gasteiger partial charge in [0, 0.05) is 6.42 Å². The molecule has 0 bridgehead atoms. The van der Waals surface area contributed by atoms with Crippen LogP contribution in [0.4, 0.5) is 0 Å². The minimum atomic E-state index is -0.172. The summed E-state index contributed by atoms with van der Waals surface area (Å²) in [7, 11) is 0. The molecule has 7 atom stereocenters. The van der Waals surface area contributed by atoms with Crippen LogP contribution in [0.2, 0.25) is 0 Å². The summed E-state index contributed by atoms with van der Waals surface area (Å²) < 4.78 is 0. The van der Waals surface area contributed by atoms with Crippen molar-refractivity contribution in [1.29, 1.82) is 0 Å². The van der Waals surface area contributed by atoms with Gasteiger partial charge < -0.3 is 9.90 Å². The lowest BCUT2D eigenvalue weighted by molar-refractivity contribution is -0.118. The molecule has 0 aromatic carbocycles. The smallest absolute Gasteiger partial charge is 0.130 e. The topological polar surface area (TPSA) is 37.3 Å². The van der Waals surface area contributed by atoms with Gasteiger partial charge in [0.15, 0.2) is 0 Å². The lowest BCUT2D eigenvalue weighted by Gasteiger charge is -2.64. The molecule has 0 aromatic rings. The Morgan fingerprint density at radius 3 is 2.45 bits per heavy atom. The molecule has 0 aliphatic heterocycles. The number of aliphatic hydroxyl groups excluding tert-OH is 1. The van der Waals surface area contributed by atoms with Crippen LogP contribution >= 0.6 is 0 Å². The van der Waals surface area contributed by atoms with Crippen molar-refractivity contribution in [3.8, 4) is 0 Å². The number of hydrogen-bond donors (Lipinski definition) is 1. The number of hydrogen-bond acceptors (Lipinski definition) is 2. The van der Waals surface area contributed by atoms with Crippen molar-refractivity contribution in [2.45, 2.75) is 99.5 Å². The first-order valence-corrected chi connectivity index (χ1v) is 12.0. The predicted octanol–water partition coefficient (Wildman–Crippen LogP) is 6.49. The summed E-state index contributed by atoms with van der Waals surface area (Å²) in [5, 5.41) is 10.7. The van der Waals surface area contributed by atoms with Crippen molar-refractivity contribution in [2.75, 3.05) is 0 Å². The molecule has 4 aliphatic carbocycles. The standard InChI is InChI=1S/C27H42O2/c1-17(16-18(2)28)19-10-14-27(7)21-8-9-22-24(3,4)23(29)12-13-25(22,5)20(21)11-15-26(19,27)6/h10-11,17,21-23,29H,8-9,12-16H2,1-7H3/t17-,21-,22+,23-,25-,26-,27+/m1/s1. The first-order valence-electron chi connectivity index (χ1n) is 12.0. The van der Waals surface area contributed by atoms with E-state index in [-0.39, 0.29) is 27.8 Å². The van der Waals surface area contributed by atoms with Gasteiger partial charge in [-0.05, 0) is 84.9 Å². The van der Waals surface area contributed by atoms with E-state index in [1.807, 2.05) is 0 Å². The Hall–Kier alpha value is -0.890. The Morgan fingerprint density at radius 1 is 1.10 bits per heavy atom. The minimum absolute atomic E-state index is 0.00441. The normalized spacial score (nSPS) is 46.7. The van der Waals surface area contributed by atoms with Gasteiger partial charge in [-0.15, -0.1) is 0 Å². The maximum Gasteiger partial charge on any atom is 0.130 e. The molecule has 2 fully saturated rings. The van der Waals surface area contributed by atoms with Crippen LogP contribution in [0.25, 0.3) is 0 Å². The molecule has 2 saturated carbocycles. The SMILES string of the molecule is CC(=O)C[C@@H](C)C1=CC[C@@]2(C)[C@@H]3CC[C@H]4C(C)(C)[C@H](O)CC[C@]4(C)C3=CC[C@]12C. The van der Waals surface area contributed by atoms with Gasteiger partial charge in [0.05, 0.1) is 6.10 Å². The molecule has 0 unspecified atom stereocenters. The highest BCUT2D eigenvalue weighted by atomic mass is 16.3. The average Bonchev–Trinajstić information content (AvgIpc) is 2.90. The average molecular weight is 399 g/mol. The first kappa shape index (κ1) is 21.3. The highest BCUT2D eigenvalue weighted by Crippen LogP contribution is 2.71. The predicted molar refractivity (Wildman–Crippen MR) is 119 cm³/mol. The van der Waals surface area contributed by atoms with Gasteiger partial charge in [0.2, 0.25) is 0 Å². The summed E-state index contributed by atoms with van der Waals surface area (Å²) in [6, 6.07) is 0. The number of Topliss-reactive ketones (excluding diaryl/α,β-unsaturated/α-hetero) is 1. The molecule has 4 aliphatic rings.